The van der Waals surface area contributed by atoms with Gasteiger partial charge in [-0.2, -0.15) is 0 Å². The molecule has 38 heavy (non-hydrogen) atoms. The highest BCUT2D eigenvalue weighted by Gasteiger charge is 2.21. The van der Waals surface area contributed by atoms with Crippen LogP contribution in [0.1, 0.15) is 57.7 Å². The molecule has 0 unspecified atom stereocenters. The van der Waals surface area contributed by atoms with Crippen LogP contribution in [0.15, 0.2) is 54.7 Å². The van der Waals surface area contributed by atoms with Crippen molar-refractivity contribution in [1.29, 1.82) is 0 Å². The van der Waals surface area contributed by atoms with E-state index in [9.17, 15) is 0 Å². The second kappa shape index (κ2) is 10.4. The summed E-state index contributed by atoms with van der Waals surface area (Å²) >= 11 is 0. The highest BCUT2D eigenvalue weighted by atomic mass is 15.3. The fourth-order valence-corrected chi connectivity index (χ4v) is 5.73. The minimum Gasteiger partial charge on any atom is -0.367 e. The molecule has 4 aromatic rings. The van der Waals surface area contributed by atoms with Gasteiger partial charge in [0.1, 0.15) is 5.82 Å². The number of rotatable bonds is 6. The molecule has 1 saturated heterocycles. The largest absolute Gasteiger partial charge is 0.367 e. The summed E-state index contributed by atoms with van der Waals surface area (Å²) in [5, 5.41) is 3.53. The lowest BCUT2D eigenvalue weighted by Crippen LogP contribution is -2.46. The van der Waals surface area contributed by atoms with Crippen molar-refractivity contribution in [3.63, 3.8) is 0 Å². The molecule has 3 heterocycles. The predicted octanol–water partition coefficient (Wildman–Crippen LogP) is 5.99. The smallest absolute Gasteiger partial charge is 0.223 e. The third kappa shape index (κ3) is 5.39. The van der Waals surface area contributed by atoms with Gasteiger partial charge in [0.25, 0.3) is 0 Å². The number of piperazine rings is 1. The first-order valence-electron chi connectivity index (χ1n) is 14.1. The van der Waals surface area contributed by atoms with Crippen LogP contribution in [0.25, 0.3) is 22.4 Å². The molecule has 2 aromatic carbocycles. The second-order valence-electron chi connectivity index (χ2n) is 11.8. The zero-order chi connectivity index (χ0) is 26.1. The van der Waals surface area contributed by atoms with Crippen LogP contribution in [0.4, 0.5) is 11.6 Å². The molecule has 0 amide bonds. The van der Waals surface area contributed by atoms with Gasteiger partial charge in [0.15, 0.2) is 0 Å². The Morgan fingerprint density at radius 2 is 1.68 bits per heavy atom. The third-order valence-corrected chi connectivity index (χ3v) is 8.02. The van der Waals surface area contributed by atoms with E-state index in [2.05, 4.69) is 88.3 Å². The van der Waals surface area contributed by atoms with Crippen LogP contribution in [0.2, 0.25) is 0 Å². The number of nitrogens with zero attached hydrogens (tertiary/aromatic N) is 5. The first-order chi connectivity index (χ1) is 18.4. The number of aromatic amines is 1. The number of hydrogen-bond donors (Lipinski definition) is 2. The molecule has 2 aliphatic rings. The number of nitrogens with one attached hydrogen (secondary N) is 2. The normalized spacial score (nSPS) is 17.4. The van der Waals surface area contributed by atoms with Gasteiger partial charge in [0, 0.05) is 50.5 Å². The summed E-state index contributed by atoms with van der Waals surface area (Å²) in [5.74, 6) is 1.71. The first kappa shape index (κ1) is 24.9. The minimum absolute atomic E-state index is 0.143. The summed E-state index contributed by atoms with van der Waals surface area (Å²) in [6, 6.07) is 17.8. The molecule has 0 spiro atoms. The van der Waals surface area contributed by atoms with Crippen LogP contribution in [0.3, 0.4) is 0 Å². The van der Waals surface area contributed by atoms with Crippen LogP contribution in [-0.2, 0) is 12.0 Å². The molecule has 0 atom stereocenters. The lowest BCUT2D eigenvalue weighted by molar-refractivity contribution is 0.247. The van der Waals surface area contributed by atoms with Crippen LogP contribution in [0, 0.1) is 0 Å². The standard InChI is InChI=1S/C31H39N7/c1-31(2,3)23-13-11-22(12-14-23)29-35-26-9-6-10-27(28(26)36-29)38-19-17-37(18-20-38)21-25-15-16-32-30(34-25)33-24-7-4-5-8-24/h6,9-16,24H,4-5,7-8,17-21H2,1-3H3,(H,35,36)(H,32,33,34). The van der Waals surface area contributed by atoms with E-state index >= 15 is 0 Å². The second-order valence-corrected chi connectivity index (χ2v) is 11.8. The van der Waals surface area contributed by atoms with E-state index in [0.29, 0.717) is 6.04 Å². The average Bonchev–Trinajstić information content (AvgIpc) is 3.59. The number of H-pyrrole nitrogens is 1. The molecule has 6 rings (SSSR count). The average molecular weight is 510 g/mol. The first-order valence-corrected chi connectivity index (χ1v) is 14.1. The van der Waals surface area contributed by atoms with E-state index in [-0.39, 0.29) is 5.41 Å². The Labute approximate surface area is 225 Å². The quantitative estimate of drug-likeness (QED) is 0.332. The molecule has 0 radical (unpaired) electrons. The Balaban J connectivity index is 1.12. The minimum atomic E-state index is 0.143. The SMILES string of the molecule is CC(C)(C)c1ccc(-c2nc3cccc(N4CCN(Cc5ccnc(NC6CCCC6)n5)CC4)c3[nH]2)cc1. The topological polar surface area (TPSA) is 73.0 Å². The number of aromatic nitrogens is 4. The van der Waals surface area contributed by atoms with Gasteiger partial charge >= 0.3 is 0 Å². The van der Waals surface area contributed by atoms with Crippen molar-refractivity contribution in [1.82, 2.24) is 24.8 Å². The van der Waals surface area contributed by atoms with E-state index in [4.69, 9.17) is 9.97 Å². The summed E-state index contributed by atoms with van der Waals surface area (Å²) in [5.41, 5.74) is 7.06. The molecule has 2 aromatic heterocycles. The highest BCUT2D eigenvalue weighted by Crippen LogP contribution is 2.30. The summed E-state index contributed by atoms with van der Waals surface area (Å²) in [6.07, 6.45) is 6.95. The number of imidazole rings is 1. The van der Waals surface area contributed by atoms with Crippen molar-refractivity contribution < 1.29 is 0 Å². The van der Waals surface area contributed by atoms with Crippen molar-refractivity contribution in [2.45, 2.75) is 64.5 Å². The zero-order valence-corrected chi connectivity index (χ0v) is 22.9. The number of benzene rings is 2. The van der Waals surface area contributed by atoms with Gasteiger partial charge in [0.2, 0.25) is 5.95 Å². The monoisotopic (exact) mass is 509 g/mol. The molecular formula is C31H39N7. The van der Waals surface area contributed by atoms with Gasteiger partial charge in [-0.25, -0.2) is 15.0 Å². The van der Waals surface area contributed by atoms with Gasteiger partial charge in [-0.05, 0) is 42.0 Å². The van der Waals surface area contributed by atoms with Crippen molar-refractivity contribution in [2.75, 3.05) is 36.4 Å². The third-order valence-electron chi connectivity index (χ3n) is 8.02. The van der Waals surface area contributed by atoms with Gasteiger partial charge in [-0.15, -0.1) is 0 Å². The number of fused-ring (bicyclic) bond motifs is 1. The zero-order valence-electron chi connectivity index (χ0n) is 22.9. The summed E-state index contributed by atoms with van der Waals surface area (Å²) < 4.78 is 0. The van der Waals surface area contributed by atoms with Crippen LogP contribution < -0.4 is 10.2 Å². The van der Waals surface area contributed by atoms with Crippen molar-refractivity contribution >= 4 is 22.7 Å². The van der Waals surface area contributed by atoms with Crippen LogP contribution in [0.5, 0.6) is 0 Å². The van der Waals surface area contributed by atoms with Crippen LogP contribution in [-0.4, -0.2) is 57.1 Å². The highest BCUT2D eigenvalue weighted by molar-refractivity contribution is 5.91. The lowest BCUT2D eigenvalue weighted by atomic mass is 9.87. The predicted molar refractivity (Wildman–Crippen MR) is 156 cm³/mol. The number of anilines is 2. The van der Waals surface area contributed by atoms with Gasteiger partial charge in [-0.3, -0.25) is 4.90 Å². The van der Waals surface area contributed by atoms with E-state index < -0.39 is 0 Å². The molecule has 1 saturated carbocycles. The molecule has 2 N–H and O–H groups in total. The van der Waals surface area contributed by atoms with E-state index in [1.54, 1.807) is 0 Å². The Morgan fingerprint density at radius 1 is 0.921 bits per heavy atom. The Morgan fingerprint density at radius 3 is 2.42 bits per heavy atom. The van der Waals surface area contributed by atoms with E-state index in [0.717, 1.165) is 66.8 Å². The fourth-order valence-electron chi connectivity index (χ4n) is 5.73. The van der Waals surface area contributed by atoms with E-state index in [1.807, 2.05) is 12.3 Å². The van der Waals surface area contributed by atoms with Crippen molar-refractivity contribution in [3.8, 4) is 11.4 Å². The maximum atomic E-state index is 4.93. The molecule has 198 valence electrons. The van der Waals surface area contributed by atoms with E-state index in [1.165, 1.54) is 36.9 Å². The molecular weight excluding hydrogens is 470 g/mol. The van der Waals surface area contributed by atoms with Gasteiger partial charge in [0.05, 0.1) is 22.4 Å². The number of hydrogen-bond acceptors (Lipinski definition) is 6. The molecule has 2 fully saturated rings. The van der Waals surface area contributed by atoms with Gasteiger partial charge < -0.3 is 15.2 Å². The Hall–Kier alpha value is -3.45. The summed E-state index contributed by atoms with van der Waals surface area (Å²) in [4.78, 5) is 22.8. The van der Waals surface area contributed by atoms with Crippen molar-refractivity contribution in [2.24, 2.45) is 0 Å². The van der Waals surface area contributed by atoms with Crippen molar-refractivity contribution in [3.05, 3.63) is 66.0 Å². The molecule has 1 aliphatic carbocycles. The van der Waals surface area contributed by atoms with Crippen LogP contribution >= 0.6 is 0 Å². The maximum absolute atomic E-state index is 4.93. The Kier molecular flexibility index (Phi) is 6.78. The molecule has 0 bridgehead atoms. The fraction of sp³-hybridized carbons (Fsp3) is 0.452. The maximum Gasteiger partial charge on any atom is 0.223 e. The summed E-state index contributed by atoms with van der Waals surface area (Å²) in [6.45, 7) is 11.6. The lowest BCUT2D eigenvalue weighted by Gasteiger charge is -2.36. The van der Waals surface area contributed by atoms with Gasteiger partial charge in [-0.1, -0.05) is 63.9 Å². The molecule has 7 heteroatoms. The number of para-hydroxylation sites is 1. The summed E-state index contributed by atoms with van der Waals surface area (Å²) in [7, 11) is 0. The molecule has 7 nitrogen and oxygen atoms in total. The molecule has 1 aliphatic heterocycles. The Bertz CT molecular complexity index is 1370.